The van der Waals surface area contributed by atoms with Crippen molar-refractivity contribution in [3.05, 3.63) is 0 Å². The second-order valence-electron chi connectivity index (χ2n) is 3.64. The van der Waals surface area contributed by atoms with Crippen molar-refractivity contribution in [1.29, 1.82) is 0 Å². The lowest BCUT2D eigenvalue weighted by atomic mass is 10.2. The van der Waals surface area contributed by atoms with Crippen molar-refractivity contribution in [1.82, 2.24) is 10.2 Å². The van der Waals surface area contributed by atoms with Gasteiger partial charge in [0, 0.05) is 25.6 Å². The minimum atomic E-state index is -1.08. The van der Waals surface area contributed by atoms with E-state index in [9.17, 15) is 9.59 Å². The Kier molecular flexibility index (Phi) is 3.73. The first kappa shape index (κ1) is 10.8. The van der Waals surface area contributed by atoms with Crippen LogP contribution in [0, 0.1) is 0 Å². The zero-order chi connectivity index (χ0) is 10.6. The van der Waals surface area contributed by atoms with Gasteiger partial charge in [-0.05, 0) is 19.8 Å². The number of carboxylic acid groups (broad SMARTS) is 1. The molecule has 0 bridgehead atoms. The van der Waals surface area contributed by atoms with Crippen LogP contribution in [-0.4, -0.2) is 41.1 Å². The van der Waals surface area contributed by atoms with Crippen LogP contribution in [0.4, 0.5) is 4.79 Å². The molecule has 0 aromatic carbocycles. The van der Waals surface area contributed by atoms with E-state index >= 15 is 0 Å². The van der Waals surface area contributed by atoms with E-state index in [4.69, 9.17) is 5.11 Å². The maximum Gasteiger partial charge on any atom is 0.404 e. The second-order valence-corrected chi connectivity index (χ2v) is 3.64. The van der Waals surface area contributed by atoms with E-state index in [-0.39, 0.29) is 18.4 Å². The molecule has 1 unspecified atom stereocenters. The molecular weight excluding hydrogens is 184 g/mol. The normalized spacial score (nSPS) is 17.9. The Morgan fingerprint density at radius 3 is 2.50 bits per heavy atom. The predicted octanol–water partition coefficient (Wildman–Crippen LogP) is 0.655. The van der Waals surface area contributed by atoms with Gasteiger partial charge >= 0.3 is 6.09 Å². The first-order valence-corrected chi connectivity index (χ1v) is 4.87. The largest absolute Gasteiger partial charge is 0.465 e. The Bertz CT molecular complexity index is 224. The van der Waals surface area contributed by atoms with Crippen molar-refractivity contribution >= 4 is 12.0 Å². The lowest BCUT2D eigenvalue weighted by Gasteiger charge is -2.18. The van der Waals surface area contributed by atoms with Gasteiger partial charge in [0.05, 0.1) is 0 Å². The first-order valence-electron chi connectivity index (χ1n) is 4.87. The van der Waals surface area contributed by atoms with Crippen LogP contribution in [0.15, 0.2) is 0 Å². The van der Waals surface area contributed by atoms with E-state index < -0.39 is 6.09 Å². The maximum absolute atomic E-state index is 11.5. The molecule has 14 heavy (non-hydrogen) atoms. The summed E-state index contributed by atoms with van der Waals surface area (Å²) in [5.74, 6) is 0.0451. The molecule has 80 valence electrons. The van der Waals surface area contributed by atoms with Gasteiger partial charge in [0.1, 0.15) is 0 Å². The van der Waals surface area contributed by atoms with Gasteiger partial charge in [-0.1, -0.05) is 0 Å². The predicted molar refractivity (Wildman–Crippen MR) is 51.1 cm³/mol. The molecular formula is C9H16N2O3. The minimum absolute atomic E-state index is 0.0451. The van der Waals surface area contributed by atoms with Gasteiger partial charge in [-0.25, -0.2) is 4.79 Å². The molecule has 0 aromatic heterocycles. The molecule has 1 rings (SSSR count). The Balaban J connectivity index is 2.28. The van der Waals surface area contributed by atoms with Gasteiger partial charge in [0.2, 0.25) is 5.91 Å². The molecule has 0 aromatic rings. The first-order chi connectivity index (χ1) is 6.59. The number of amides is 2. The number of nitrogens with zero attached hydrogens (tertiary/aromatic N) is 1. The zero-order valence-corrected chi connectivity index (χ0v) is 8.32. The third-order valence-corrected chi connectivity index (χ3v) is 2.31. The number of hydrogen-bond donors (Lipinski definition) is 2. The molecule has 1 atom stereocenters. The van der Waals surface area contributed by atoms with E-state index in [1.54, 1.807) is 11.8 Å². The summed E-state index contributed by atoms with van der Waals surface area (Å²) >= 11 is 0. The smallest absolute Gasteiger partial charge is 0.404 e. The topological polar surface area (TPSA) is 69.6 Å². The Hall–Kier alpha value is -1.26. The summed E-state index contributed by atoms with van der Waals surface area (Å²) in [5, 5.41) is 10.7. The molecule has 0 spiro atoms. The lowest BCUT2D eigenvalue weighted by molar-refractivity contribution is -0.130. The third kappa shape index (κ3) is 3.24. The number of rotatable bonds is 3. The molecule has 0 saturated carbocycles. The van der Waals surface area contributed by atoms with Crippen LogP contribution < -0.4 is 5.32 Å². The minimum Gasteiger partial charge on any atom is -0.465 e. The van der Waals surface area contributed by atoms with Crippen LogP contribution in [0.2, 0.25) is 0 Å². The Morgan fingerprint density at radius 2 is 2.00 bits per heavy atom. The van der Waals surface area contributed by atoms with Crippen LogP contribution in [0.5, 0.6) is 0 Å². The van der Waals surface area contributed by atoms with Crippen molar-refractivity contribution in [2.45, 2.75) is 32.2 Å². The van der Waals surface area contributed by atoms with Crippen molar-refractivity contribution in [3.8, 4) is 0 Å². The Labute approximate surface area is 83.1 Å². The van der Waals surface area contributed by atoms with Crippen LogP contribution in [-0.2, 0) is 4.79 Å². The van der Waals surface area contributed by atoms with Gasteiger partial charge in [-0.3, -0.25) is 4.79 Å². The molecule has 1 aliphatic heterocycles. The number of carbonyl (C=O) groups is 2. The molecule has 1 heterocycles. The van der Waals surface area contributed by atoms with Gasteiger partial charge in [-0.2, -0.15) is 0 Å². The highest BCUT2D eigenvalue weighted by Crippen LogP contribution is 2.09. The number of nitrogens with one attached hydrogen (secondary N) is 1. The summed E-state index contributed by atoms with van der Waals surface area (Å²) in [6.07, 6.45) is 1.30. The van der Waals surface area contributed by atoms with Crippen molar-refractivity contribution in [3.63, 3.8) is 0 Å². The summed E-state index contributed by atoms with van der Waals surface area (Å²) in [5.41, 5.74) is 0. The van der Waals surface area contributed by atoms with Gasteiger partial charge in [0.25, 0.3) is 0 Å². The number of likely N-dealkylation sites (tertiary alicyclic amines) is 1. The standard InChI is InChI=1S/C9H16N2O3/c1-7(10-9(13)14)6-8(12)11-4-2-3-5-11/h7,10H,2-6H2,1H3,(H,13,14). The molecule has 2 N–H and O–H groups in total. The fourth-order valence-corrected chi connectivity index (χ4v) is 1.62. The van der Waals surface area contributed by atoms with Crippen molar-refractivity contribution < 1.29 is 14.7 Å². The second kappa shape index (κ2) is 4.83. The van der Waals surface area contributed by atoms with Gasteiger partial charge < -0.3 is 15.3 Å². The highest BCUT2D eigenvalue weighted by molar-refractivity contribution is 5.77. The van der Waals surface area contributed by atoms with Crippen molar-refractivity contribution in [2.75, 3.05) is 13.1 Å². The quantitative estimate of drug-likeness (QED) is 0.703. The van der Waals surface area contributed by atoms with E-state index in [0.717, 1.165) is 25.9 Å². The summed E-state index contributed by atoms with van der Waals surface area (Å²) < 4.78 is 0. The molecule has 2 amide bonds. The SMILES string of the molecule is CC(CC(=O)N1CCCC1)NC(=O)O. The molecule has 1 saturated heterocycles. The number of hydrogen-bond acceptors (Lipinski definition) is 2. The van der Waals surface area contributed by atoms with Gasteiger partial charge in [-0.15, -0.1) is 0 Å². The van der Waals surface area contributed by atoms with E-state index in [0.29, 0.717) is 0 Å². The van der Waals surface area contributed by atoms with Crippen LogP contribution in [0.1, 0.15) is 26.2 Å². The third-order valence-electron chi connectivity index (χ3n) is 2.31. The molecule has 0 aliphatic carbocycles. The highest BCUT2D eigenvalue weighted by atomic mass is 16.4. The molecule has 1 fully saturated rings. The molecule has 5 heteroatoms. The van der Waals surface area contributed by atoms with Crippen molar-refractivity contribution in [2.24, 2.45) is 0 Å². The fraction of sp³-hybridized carbons (Fsp3) is 0.778. The summed E-state index contributed by atoms with van der Waals surface area (Å²) in [6, 6.07) is -0.305. The summed E-state index contributed by atoms with van der Waals surface area (Å²) in [4.78, 5) is 23.6. The number of carbonyl (C=O) groups excluding carboxylic acids is 1. The fourth-order valence-electron chi connectivity index (χ4n) is 1.62. The maximum atomic E-state index is 11.5. The van der Waals surface area contributed by atoms with Crippen LogP contribution in [0.25, 0.3) is 0 Å². The van der Waals surface area contributed by atoms with Gasteiger partial charge in [0.15, 0.2) is 0 Å². The average molecular weight is 200 g/mol. The monoisotopic (exact) mass is 200 g/mol. The zero-order valence-electron chi connectivity index (χ0n) is 8.32. The highest BCUT2D eigenvalue weighted by Gasteiger charge is 2.20. The van der Waals surface area contributed by atoms with E-state index in [2.05, 4.69) is 5.32 Å². The molecule has 5 nitrogen and oxygen atoms in total. The molecule has 0 radical (unpaired) electrons. The Morgan fingerprint density at radius 1 is 1.43 bits per heavy atom. The van der Waals surface area contributed by atoms with Crippen LogP contribution in [0.3, 0.4) is 0 Å². The van der Waals surface area contributed by atoms with Crippen LogP contribution >= 0.6 is 0 Å². The molecule has 1 aliphatic rings. The summed E-state index contributed by atoms with van der Waals surface area (Å²) in [6.45, 7) is 3.33. The average Bonchev–Trinajstić information content (AvgIpc) is 2.53. The van der Waals surface area contributed by atoms with E-state index in [1.165, 1.54) is 0 Å². The van der Waals surface area contributed by atoms with E-state index in [1.807, 2.05) is 0 Å². The lowest BCUT2D eigenvalue weighted by Crippen LogP contribution is -2.37. The summed E-state index contributed by atoms with van der Waals surface area (Å²) in [7, 11) is 0.